The topological polar surface area (TPSA) is 33.5 Å². The molecular weight excluding hydrogens is 370 g/mol. The summed E-state index contributed by atoms with van der Waals surface area (Å²) in [6, 6.07) is 7.34. The van der Waals surface area contributed by atoms with Gasteiger partial charge in [-0.05, 0) is 56.1 Å². The molecule has 0 saturated carbocycles. The highest BCUT2D eigenvalue weighted by Crippen LogP contribution is 2.23. The van der Waals surface area contributed by atoms with E-state index in [1.807, 2.05) is 12.1 Å². The van der Waals surface area contributed by atoms with Crippen molar-refractivity contribution in [2.75, 3.05) is 7.05 Å². The van der Waals surface area contributed by atoms with E-state index >= 15 is 0 Å². The number of carbonyl (C=O) groups excluding carboxylic acids is 1. The van der Waals surface area contributed by atoms with Crippen molar-refractivity contribution in [3.05, 3.63) is 43.4 Å². The largest absolute Gasteiger partial charge is 0.444 e. The highest BCUT2D eigenvalue weighted by atomic mass is 79.9. The first-order valence-corrected chi connectivity index (χ1v) is 7.21. The minimum Gasteiger partial charge on any atom is -0.444 e. The second-order valence-corrected chi connectivity index (χ2v) is 6.80. The van der Waals surface area contributed by atoms with Crippen molar-refractivity contribution in [2.45, 2.75) is 6.54 Å². The summed E-state index contributed by atoms with van der Waals surface area (Å²) < 4.78 is 6.86. The molecule has 6 heteroatoms. The van der Waals surface area contributed by atoms with E-state index in [-0.39, 0.29) is 5.91 Å². The fraction of sp³-hybridized carbons (Fsp3) is 0.182. The molecule has 0 saturated heterocycles. The summed E-state index contributed by atoms with van der Waals surface area (Å²) in [5.74, 6) is 0.218. The number of hydrogen-bond donors (Lipinski definition) is 0. The third-order valence-corrected chi connectivity index (χ3v) is 4.19. The van der Waals surface area contributed by atoms with Crippen LogP contribution in [-0.2, 0) is 6.54 Å². The summed E-state index contributed by atoms with van der Waals surface area (Å²) in [7, 11) is 1.76. The van der Waals surface area contributed by atoms with Crippen LogP contribution < -0.4 is 0 Å². The van der Waals surface area contributed by atoms with Gasteiger partial charge in [-0.25, -0.2) is 0 Å². The Labute approximate surface area is 120 Å². The van der Waals surface area contributed by atoms with E-state index in [0.29, 0.717) is 17.0 Å². The molecular formula is C11H9Br2NO2S. The first-order valence-electron chi connectivity index (χ1n) is 4.81. The van der Waals surface area contributed by atoms with Gasteiger partial charge in [-0.15, -0.1) is 11.3 Å². The van der Waals surface area contributed by atoms with Crippen LogP contribution in [0.25, 0.3) is 0 Å². The van der Waals surface area contributed by atoms with Gasteiger partial charge < -0.3 is 9.32 Å². The molecule has 0 N–H and O–H groups in total. The quantitative estimate of drug-likeness (QED) is 0.804. The van der Waals surface area contributed by atoms with Gasteiger partial charge in [-0.3, -0.25) is 4.79 Å². The first-order chi connectivity index (χ1) is 8.06. The summed E-state index contributed by atoms with van der Waals surface area (Å²) in [4.78, 5) is 14.7. The number of thiophene rings is 1. The van der Waals surface area contributed by atoms with Gasteiger partial charge in [0.05, 0.1) is 10.3 Å². The number of carbonyl (C=O) groups is 1. The van der Waals surface area contributed by atoms with Crippen LogP contribution in [0.15, 0.2) is 37.1 Å². The molecule has 2 aromatic rings. The first kappa shape index (κ1) is 12.9. The second kappa shape index (κ2) is 5.37. The van der Waals surface area contributed by atoms with Crippen molar-refractivity contribution in [2.24, 2.45) is 0 Å². The van der Waals surface area contributed by atoms with Gasteiger partial charge in [-0.1, -0.05) is 0 Å². The van der Waals surface area contributed by atoms with E-state index in [1.54, 1.807) is 35.4 Å². The Balaban J connectivity index is 2.05. The molecule has 17 heavy (non-hydrogen) atoms. The number of nitrogens with zero attached hydrogens (tertiary/aromatic N) is 1. The second-order valence-electron chi connectivity index (χ2n) is 3.47. The molecule has 0 radical (unpaired) electrons. The van der Waals surface area contributed by atoms with Crippen molar-refractivity contribution in [3.8, 4) is 0 Å². The molecule has 0 aromatic carbocycles. The van der Waals surface area contributed by atoms with Gasteiger partial charge >= 0.3 is 0 Å². The van der Waals surface area contributed by atoms with Crippen LogP contribution in [0.5, 0.6) is 0 Å². The minimum atomic E-state index is -0.125. The predicted octanol–water partition coefficient (Wildman–Crippen LogP) is 4.14. The predicted molar refractivity (Wildman–Crippen MR) is 74.2 cm³/mol. The number of furan rings is 1. The Morgan fingerprint density at radius 2 is 2.12 bits per heavy atom. The van der Waals surface area contributed by atoms with Crippen molar-refractivity contribution >= 4 is 49.1 Å². The highest BCUT2D eigenvalue weighted by molar-refractivity contribution is 9.11. The molecule has 0 unspecified atom stereocenters. The van der Waals surface area contributed by atoms with Gasteiger partial charge in [0.25, 0.3) is 5.91 Å². The fourth-order valence-corrected chi connectivity index (χ4v) is 3.20. The zero-order valence-electron chi connectivity index (χ0n) is 8.94. The average molecular weight is 379 g/mol. The lowest BCUT2D eigenvalue weighted by Crippen LogP contribution is -2.25. The maximum absolute atomic E-state index is 12.0. The maximum atomic E-state index is 12.0. The average Bonchev–Trinajstić information content (AvgIpc) is 2.87. The SMILES string of the molecule is CN(Cc1ccc(Br)s1)C(=O)c1ccc(Br)o1. The molecule has 0 spiro atoms. The molecule has 2 aromatic heterocycles. The van der Waals surface area contributed by atoms with E-state index in [0.717, 1.165) is 8.66 Å². The maximum Gasteiger partial charge on any atom is 0.289 e. The molecule has 0 atom stereocenters. The van der Waals surface area contributed by atoms with Crippen LogP contribution in [0.3, 0.4) is 0 Å². The molecule has 0 fully saturated rings. The zero-order valence-corrected chi connectivity index (χ0v) is 12.9. The normalized spacial score (nSPS) is 10.5. The molecule has 3 nitrogen and oxygen atoms in total. The van der Waals surface area contributed by atoms with E-state index in [1.165, 1.54) is 0 Å². The van der Waals surface area contributed by atoms with Crippen LogP contribution >= 0.6 is 43.2 Å². The van der Waals surface area contributed by atoms with E-state index in [4.69, 9.17) is 4.42 Å². The van der Waals surface area contributed by atoms with Crippen LogP contribution in [0.1, 0.15) is 15.4 Å². The number of amides is 1. The molecule has 90 valence electrons. The van der Waals surface area contributed by atoms with Gasteiger partial charge in [0, 0.05) is 11.9 Å². The fourth-order valence-electron chi connectivity index (χ4n) is 1.36. The van der Waals surface area contributed by atoms with Gasteiger partial charge in [0.2, 0.25) is 0 Å². The zero-order chi connectivity index (χ0) is 12.4. The van der Waals surface area contributed by atoms with Crippen LogP contribution in [0, 0.1) is 0 Å². The Hall–Kier alpha value is -0.590. The lowest BCUT2D eigenvalue weighted by molar-refractivity contribution is 0.0753. The van der Waals surface area contributed by atoms with E-state index in [9.17, 15) is 4.79 Å². The van der Waals surface area contributed by atoms with Crippen molar-refractivity contribution in [1.82, 2.24) is 4.90 Å². The van der Waals surface area contributed by atoms with E-state index in [2.05, 4.69) is 31.9 Å². The van der Waals surface area contributed by atoms with Crippen LogP contribution in [0.2, 0.25) is 0 Å². The van der Waals surface area contributed by atoms with Gasteiger partial charge in [-0.2, -0.15) is 0 Å². The highest BCUT2D eigenvalue weighted by Gasteiger charge is 2.16. The lowest BCUT2D eigenvalue weighted by atomic mass is 10.3. The molecule has 0 aliphatic carbocycles. The molecule has 2 rings (SSSR count). The minimum absolute atomic E-state index is 0.125. The molecule has 0 bridgehead atoms. The molecule has 1 amide bonds. The van der Waals surface area contributed by atoms with Gasteiger partial charge in [0.15, 0.2) is 10.4 Å². The molecule has 0 aliphatic heterocycles. The summed E-state index contributed by atoms with van der Waals surface area (Å²) in [6.45, 7) is 0.577. The van der Waals surface area contributed by atoms with Crippen molar-refractivity contribution in [3.63, 3.8) is 0 Å². The Morgan fingerprint density at radius 3 is 2.65 bits per heavy atom. The Kier molecular flexibility index (Phi) is 4.06. The van der Waals surface area contributed by atoms with Crippen molar-refractivity contribution < 1.29 is 9.21 Å². The summed E-state index contributed by atoms with van der Waals surface area (Å²) >= 11 is 8.19. The molecule has 0 aliphatic rings. The number of hydrogen-bond acceptors (Lipinski definition) is 3. The molecule has 2 heterocycles. The third-order valence-electron chi connectivity index (χ3n) is 2.15. The standard InChI is InChI=1S/C11H9Br2NO2S/c1-14(6-7-2-5-10(13)17-7)11(15)8-3-4-9(12)16-8/h2-5H,6H2,1H3. The Morgan fingerprint density at radius 1 is 1.35 bits per heavy atom. The third kappa shape index (κ3) is 3.20. The smallest absolute Gasteiger partial charge is 0.289 e. The number of halogens is 2. The summed E-state index contributed by atoms with van der Waals surface area (Å²) in [5, 5.41) is 0. The Bertz CT molecular complexity index is 535. The number of rotatable bonds is 3. The van der Waals surface area contributed by atoms with Crippen LogP contribution in [0.4, 0.5) is 0 Å². The van der Waals surface area contributed by atoms with E-state index < -0.39 is 0 Å². The lowest BCUT2D eigenvalue weighted by Gasteiger charge is -2.14. The van der Waals surface area contributed by atoms with Gasteiger partial charge in [0.1, 0.15) is 0 Å². The van der Waals surface area contributed by atoms with Crippen LogP contribution in [-0.4, -0.2) is 17.9 Å². The summed E-state index contributed by atoms with van der Waals surface area (Å²) in [5.41, 5.74) is 0. The monoisotopic (exact) mass is 377 g/mol. The summed E-state index contributed by atoms with van der Waals surface area (Å²) in [6.07, 6.45) is 0. The van der Waals surface area contributed by atoms with Crippen molar-refractivity contribution in [1.29, 1.82) is 0 Å².